The van der Waals surface area contributed by atoms with Gasteiger partial charge in [0.2, 0.25) is 0 Å². The summed E-state index contributed by atoms with van der Waals surface area (Å²) in [7, 11) is 0. The molecule has 0 radical (unpaired) electrons. The number of aromatic nitrogens is 5. The lowest BCUT2D eigenvalue weighted by molar-refractivity contribution is 0.242. The molecule has 1 saturated carbocycles. The summed E-state index contributed by atoms with van der Waals surface area (Å²) in [6.45, 7) is 10.7. The standard InChI is InChI=1S/C23H25FN6/c1-12(2)28-9-16-17(10-28)21(16)20-11-29-8-15(6-18(24)23(29)26-20)19-5-13(3)22-25-14(4)7-30(22)27-19/h5-8,11-12,16-17,21H,9-10H2,1-4H3/t16-,17+,21?. The average Bonchev–Trinajstić information content (AvgIpc) is 3.11. The van der Waals surface area contributed by atoms with Crippen LogP contribution < -0.4 is 0 Å². The first kappa shape index (κ1) is 18.0. The number of pyridine rings is 1. The maximum Gasteiger partial charge on any atom is 0.173 e. The highest BCUT2D eigenvalue weighted by Crippen LogP contribution is 2.58. The molecule has 0 N–H and O–H groups in total. The fourth-order valence-corrected chi connectivity index (χ4v) is 5.18. The van der Waals surface area contributed by atoms with E-state index in [9.17, 15) is 4.39 Å². The summed E-state index contributed by atoms with van der Waals surface area (Å²) in [5.41, 5.74) is 5.64. The van der Waals surface area contributed by atoms with Crippen molar-refractivity contribution in [2.75, 3.05) is 13.1 Å². The third kappa shape index (κ3) is 2.61. The van der Waals surface area contributed by atoms with Gasteiger partial charge in [-0.1, -0.05) is 0 Å². The lowest BCUT2D eigenvalue weighted by atomic mass is 10.1. The summed E-state index contributed by atoms with van der Waals surface area (Å²) in [5.74, 6) is 1.48. The van der Waals surface area contributed by atoms with Crippen molar-refractivity contribution in [1.29, 1.82) is 0 Å². The average molecular weight is 404 g/mol. The van der Waals surface area contributed by atoms with Crippen molar-refractivity contribution in [3.63, 3.8) is 0 Å². The molecule has 1 unspecified atom stereocenters. The second-order valence-electron chi connectivity index (χ2n) is 9.24. The maximum absolute atomic E-state index is 15.0. The van der Waals surface area contributed by atoms with Crippen LogP contribution in [0.4, 0.5) is 4.39 Å². The van der Waals surface area contributed by atoms with Crippen molar-refractivity contribution >= 4 is 11.3 Å². The van der Waals surface area contributed by atoms with Gasteiger partial charge in [0.25, 0.3) is 0 Å². The van der Waals surface area contributed by atoms with E-state index in [0.717, 1.165) is 46.9 Å². The van der Waals surface area contributed by atoms with Crippen LogP contribution >= 0.6 is 0 Å². The summed E-state index contributed by atoms with van der Waals surface area (Å²) in [4.78, 5) is 11.7. The van der Waals surface area contributed by atoms with Gasteiger partial charge in [0.15, 0.2) is 17.1 Å². The molecule has 1 aliphatic carbocycles. The van der Waals surface area contributed by atoms with Gasteiger partial charge in [-0.2, -0.15) is 5.10 Å². The van der Waals surface area contributed by atoms with E-state index in [4.69, 9.17) is 0 Å². The molecule has 154 valence electrons. The minimum absolute atomic E-state index is 0.310. The molecule has 2 aliphatic rings. The number of hydrogen-bond acceptors (Lipinski definition) is 4. The number of hydrogen-bond donors (Lipinski definition) is 0. The molecule has 5 heterocycles. The first-order valence-electron chi connectivity index (χ1n) is 10.7. The second-order valence-corrected chi connectivity index (χ2v) is 9.24. The number of rotatable bonds is 3. The van der Waals surface area contributed by atoms with E-state index >= 15 is 0 Å². The van der Waals surface area contributed by atoms with Crippen LogP contribution in [0.2, 0.25) is 0 Å². The first-order chi connectivity index (χ1) is 14.4. The predicted molar refractivity (Wildman–Crippen MR) is 113 cm³/mol. The number of nitrogens with zero attached hydrogens (tertiary/aromatic N) is 6. The maximum atomic E-state index is 15.0. The summed E-state index contributed by atoms with van der Waals surface area (Å²) in [6.07, 6.45) is 5.84. The van der Waals surface area contributed by atoms with Crippen molar-refractivity contribution in [2.45, 2.75) is 39.7 Å². The zero-order chi connectivity index (χ0) is 20.7. The molecule has 0 bridgehead atoms. The number of imidazole rings is 2. The van der Waals surface area contributed by atoms with Crippen LogP contribution in [-0.2, 0) is 0 Å². The summed E-state index contributed by atoms with van der Waals surface area (Å²) in [5, 5.41) is 4.65. The Balaban J connectivity index is 1.36. The molecule has 0 aromatic carbocycles. The molecule has 2 fully saturated rings. The Labute approximate surface area is 174 Å². The molecule has 1 aliphatic heterocycles. The quantitative estimate of drug-likeness (QED) is 0.520. The Morgan fingerprint density at radius 1 is 1.00 bits per heavy atom. The summed E-state index contributed by atoms with van der Waals surface area (Å²) in [6, 6.07) is 4.09. The zero-order valence-corrected chi connectivity index (χ0v) is 17.7. The first-order valence-corrected chi connectivity index (χ1v) is 10.7. The van der Waals surface area contributed by atoms with Crippen molar-refractivity contribution in [1.82, 2.24) is 28.9 Å². The van der Waals surface area contributed by atoms with Gasteiger partial charge in [0.05, 0.1) is 23.3 Å². The van der Waals surface area contributed by atoms with E-state index in [0.29, 0.717) is 29.4 Å². The van der Waals surface area contributed by atoms with Gasteiger partial charge in [-0.25, -0.2) is 18.9 Å². The Morgan fingerprint density at radius 2 is 1.77 bits per heavy atom. The number of aryl methyl sites for hydroxylation is 2. The number of halogens is 1. The number of fused-ring (bicyclic) bond motifs is 3. The normalized spacial score (nSPS) is 23.7. The highest BCUT2D eigenvalue weighted by molar-refractivity contribution is 5.64. The molecule has 6 rings (SSSR count). The van der Waals surface area contributed by atoms with Crippen LogP contribution in [0.3, 0.4) is 0 Å². The van der Waals surface area contributed by atoms with Gasteiger partial charge in [0.1, 0.15) is 0 Å². The summed E-state index contributed by atoms with van der Waals surface area (Å²) >= 11 is 0. The van der Waals surface area contributed by atoms with Gasteiger partial charge in [-0.3, -0.25) is 0 Å². The fourth-order valence-electron chi connectivity index (χ4n) is 5.18. The molecule has 7 heteroatoms. The van der Waals surface area contributed by atoms with E-state index in [1.54, 1.807) is 4.52 Å². The van der Waals surface area contributed by atoms with E-state index in [-0.39, 0.29) is 5.82 Å². The van der Waals surface area contributed by atoms with Crippen LogP contribution in [0.5, 0.6) is 0 Å². The van der Waals surface area contributed by atoms with Crippen molar-refractivity contribution in [3.8, 4) is 11.3 Å². The monoisotopic (exact) mass is 404 g/mol. The molecule has 0 amide bonds. The molecule has 4 aromatic heterocycles. The molecular weight excluding hydrogens is 379 g/mol. The van der Waals surface area contributed by atoms with Gasteiger partial charge >= 0.3 is 0 Å². The van der Waals surface area contributed by atoms with Crippen LogP contribution in [0.15, 0.2) is 30.7 Å². The third-order valence-electron chi connectivity index (χ3n) is 6.84. The van der Waals surface area contributed by atoms with E-state index < -0.39 is 0 Å². The van der Waals surface area contributed by atoms with Crippen molar-refractivity contribution in [2.24, 2.45) is 11.8 Å². The summed E-state index contributed by atoms with van der Waals surface area (Å²) < 4.78 is 18.6. The lowest BCUT2D eigenvalue weighted by Gasteiger charge is -2.23. The fraction of sp³-hybridized carbons (Fsp3) is 0.435. The third-order valence-corrected chi connectivity index (χ3v) is 6.84. The highest BCUT2D eigenvalue weighted by Gasteiger charge is 2.57. The smallest absolute Gasteiger partial charge is 0.173 e. The molecule has 0 spiro atoms. The predicted octanol–water partition coefficient (Wildman–Crippen LogP) is 3.85. The SMILES string of the molecule is Cc1cn2nc(-c3cc(F)c4nc(C5[C@H]6CN(C(C)C)C[C@@H]56)cn4c3)cc(C)c2n1. The van der Waals surface area contributed by atoms with E-state index in [1.165, 1.54) is 6.07 Å². The largest absolute Gasteiger partial charge is 0.304 e. The van der Waals surface area contributed by atoms with Gasteiger partial charge in [-0.15, -0.1) is 0 Å². The van der Waals surface area contributed by atoms with Crippen LogP contribution in [0, 0.1) is 31.5 Å². The van der Waals surface area contributed by atoms with Gasteiger partial charge in [-0.05, 0) is 57.2 Å². The van der Waals surface area contributed by atoms with Crippen molar-refractivity contribution < 1.29 is 4.39 Å². The molecule has 1 saturated heterocycles. The van der Waals surface area contributed by atoms with E-state index in [1.807, 2.05) is 42.9 Å². The Morgan fingerprint density at radius 3 is 2.50 bits per heavy atom. The molecule has 3 atom stereocenters. The second kappa shape index (κ2) is 6.11. The molecule has 30 heavy (non-hydrogen) atoms. The highest BCUT2D eigenvalue weighted by atomic mass is 19.1. The lowest BCUT2D eigenvalue weighted by Crippen LogP contribution is -2.31. The van der Waals surface area contributed by atoms with Crippen LogP contribution in [0.1, 0.15) is 36.7 Å². The minimum Gasteiger partial charge on any atom is -0.304 e. The number of likely N-dealkylation sites (tertiary alicyclic amines) is 1. The topological polar surface area (TPSA) is 50.7 Å². The van der Waals surface area contributed by atoms with Crippen molar-refractivity contribution in [3.05, 3.63) is 53.5 Å². The Kier molecular flexibility index (Phi) is 3.67. The Hall–Kier alpha value is -2.80. The number of piperidine rings is 1. The van der Waals surface area contributed by atoms with E-state index in [2.05, 4.69) is 33.8 Å². The molecular formula is C23H25FN6. The Bertz CT molecular complexity index is 1290. The van der Waals surface area contributed by atoms with Crippen LogP contribution in [0.25, 0.3) is 22.6 Å². The minimum atomic E-state index is -0.310. The molecule has 4 aromatic rings. The van der Waals surface area contributed by atoms with Gasteiger partial charge in [0, 0.05) is 43.0 Å². The van der Waals surface area contributed by atoms with Crippen LogP contribution in [-0.4, -0.2) is 48.0 Å². The van der Waals surface area contributed by atoms with Gasteiger partial charge < -0.3 is 9.30 Å². The zero-order valence-electron chi connectivity index (χ0n) is 17.7. The molecule has 6 nitrogen and oxygen atoms in total.